The van der Waals surface area contributed by atoms with Gasteiger partial charge in [-0.1, -0.05) is 35.3 Å². The van der Waals surface area contributed by atoms with Gasteiger partial charge in [0.05, 0.1) is 27.7 Å². The van der Waals surface area contributed by atoms with Crippen LogP contribution in [0.1, 0.15) is 4.88 Å². The van der Waals surface area contributed by atoms with Crippen molar-refractivity contribution >= 4 is 33.0 Å². The van der Waals surface area contributed by atoms with Crippen molar-refractivity contribution in [1.29, 1.82) is 0 Å². The molecular weight excluding hydrogens is 278 g/mol. The number of aromatic nitrogens is 2. The summed E-state index contributed by atoms with van der Waals surface area (Å²) in [6, 6.07) is 7.54. The first-order chi connectivity index (χ1) is 9.29. The SMILES string of the molecule is NCC#Cc1cnc(-n2sc3ccccc3c2=O)s1. The van der Waals surface area contributed by atoms with Crippen LogP contribution in [0.4, 0.5) is 0 Å². The summed E-state index contributed by atoms with van der Waals surface area (Å²) in [5, 5.41) is 1.37. The summed E-state index contributed by atoms with van der Waals surface area (Å²) in [6.45, 7) is 0.316. The molecule has 0 spiro atoms. The first-order valence-electron chi connectivity index (χ1n) is 5.56. The number of thiazole rings is 1. The highest BCUT2D eigenvalue weighted by Gasteiger charge is 2.11. The van der Waals surface area contributed by atoms with Gasteiger partial charge in [-0.05, 0) is 23.7 Å². The largest absolute Gasteiger partial charge is 0.320 e. The molecule has 0 saturated heterocycles. The second-order valence-corrected chi connectivity index (χ2v) is 5.70. The summed E-state index contributed by atoms with van der Waals surface area (Å²) < 4.78 is 2.56. The van der Waals surface area contributed by atoms with Crippen molar-refractivity contribution in [2.45, 2.75) is 0 Å². The second-order valence-electron chi connectivity index (χ2n) is 3.70. The Morgan fingerprint density at radius 2 is 2.21 bits per heavy atom. The van der Waals surface area contributed by atoms with Gasteiger partial charge in [-0.15, -0.1) is 0 Å². The quantitative estimate of drug-likeness (QED) is 0.694. The molecule has 0 aliphatic heterocycles. The smallest absolute Gasteiger partial charge is 0.275 e. The minimum atomic E-state index is -0.0340. The molecule has 2 N–H and O–H groups in total. The molecule has 0 fully saturated rings. The number of benzene rings is 1. The molecule has 0 unspecified atom stereocenters. The molecule has 6 heteroatoms. The zero-order valence-corrected chi connectivity index (χ0v) is 11.4. The van der Waals surface area contributed by atoms with Gasteiger partial charge >= 0.3 is 0 Å². The standard InChI is InChI=1S/C13H9N3OS2/c14-7-3-4-9-8-15-13(18-9)16-12(17)10-5-1-2-6-11(10)19-16/h1-2,5-6,8H,7,14H2. The minimum absolute atomic E-state index is 0.0340. The van der Waals surface area contributed by atoms with Gasteiger partial charge in [0.2, 0.25) is 5.13 Å². The molecular formula is C13H9N3OS2. The molecule has 0 atom stereocenters. The van der Waals surface area contributed by atoms with E-state index in [9.17, 15) is 4.79 Å². The zero-order valence-electron chi connectivity index (χ0n) is 9.79. The number of hydrogen-bond donors (Lipinski definition) is 1. The van der Waals surface area contributed by atoms with Crippen molar-refractivity contribution in [1.82, 2.24) is 8.94 Å². The minimum Gasteiger partial charge on any atom is -0.320 e. The van der Waals surface area contributed by atoms with Crippen molar-refractivity contribution in [3.63, 3.8) is 0 Å². The average molecular weight is 287 g/mol. The van der Waals surface area contributed by atoms with Crippen molar-refractivity contribution in [2.75, 3.05) is 6.54 Å². The van der Waals surface area contributed by atoms with Crippen molar-refractivity contribution in [3.05, 3.63) is 45.7 Å². The van der Waals surface area contributed by atoms with E-state index in [0.717, 1.165) is 15.0 Å². The summed E-state index contributed by atoms with van der Waals surface area (Å²) in [5.74, 6) is 5.69. The fourth-order valence-electron chi connectivity index (χ4n) is 1.65. The van der Waals surface area contributed by atoms with Gasteiger partial charge in [0, 0.05) is 0 Å². The molecule has 0 saturated carbocycles. The maximum Gasteiger partial charge on any atom is 0.275 e. The van der Waals surface area contributed by atoms with E-state index < -0.39 is 0 Å². The van der Waals surface area contributed by atoms with E-state index in [1.165, 1.54) is 22.9 Å². The Labute approximate surface area is 117 Å². The van der Waals surface area contributed by atoms with Gasteiger partial charge in [-0.3, -0.25) is 4.79 Å². The normalized spacial score (nSPS) is 10.4. The Balaban J connectivity index is 2.12. The Bertz CT molecular complexity index is 848. The number of nitrogens with two attached hydrogens (primary N) is 1. The van der Waals surface area contributed by atoms with Crippen LogP contribution in [-0.2, 0) is 0 Å². The molecule has 0 aliphatic carbocycles. The monoisotopic (exact) mass is 287 g/mol. The first-order valence-corrected chi connectivity index (χ1v) is 7.15. The third kappa shape index (κ3) is 2.19. The molecule has 0 amide bonds. The van der Waals surface area contributed by atoms with Crippen LogP contribution in [-0.4, -0.2) is 15.5 Å². The van der Waals surface area contributed by atoms with E-state index in [-0.39, 0.29) is 5.56 Å². The Morgan fingerprint density at radius 3 is 3.00 bits per heavy atom. The van der Waals surface area contributed by atoms with E-state index in [4.69, 9.17) is 5.73 Å². The van der Waals surface area contributed by atoms with E-state index in [1.54, 1.807) is 10.2 Å². The third-order valence-electron chi connectivity index (χ3n) is 2.47. The Kier molecular flexibility index (Phi) is 3.17. The molecule has 19 heavy (non-hydrogen) atoms. The number of rotatable bonds is 1. The van der Waals surface area contributed by atoms with E-state index in [2.05, 4.69) is 16.8 Å². The molecule has 3 aromatic rings. The van der Waals surface area contributed by atoms with Crippen LogP contribution in [0.3, 0.4) is 0 Å². The summed E-state index contributed by atoms with van der Waals surface area (Å²) in [4.78, 5) is 17.3. The van der Waals surface area contributed by atoms with Gasteiger partial charge in [-0.25, -0.2) is 8.94 Å². The molecule has 0 radical (unpaired) electrons. The summed E-state index contributed by atoms with van der Waals surface area (Å²) in [7, 11) is 0. The van der Waals surface area contributed by atoms with Gasteiger partial charge in [0.1, 0.15) is 0 Å². The van der Waals surface area contributed by atoms with Gasteiger partial charge in [0.25, 0.3) is 5.56 Å². The highest BCUT2D eigenvalue weighted by molar-refractivity contribution is 7.18. The topological polar surface area (TPSA) is 60.9 Å². The van der Waals surface area contributed by atoms with Crippen LogP contribution in [0.15, 0.2) is 35.3 Å². The van der Waals surface area contributed by atoms with Crippen LogP contribution in [0.5, 0.6) is 0 Å². The highest BCUT2D eigenvalue weighted by atomic mass is 32.1. The lowest BCUT2D eigenvalue weighted by molar-refractivity contribution is 1.11. The van der Waals surface area contributed by atoms with E-state index >= 15 is 0 Å². The third-order valence-corrected chi connectivity index (χ3v) is 4.56. The Hall–Kier alpha value is -1.94. The van der Waals surface area contributed by atoms with E-state index in [0.29, 0.717) is 11.7 Å². The van der Waals surface area contributed by atoms with Crippen LogP contribution in [0, 0.1) is 11.8 Å². The molecule has 4 nitrogen and oxygen atoms in total. The fourth-order valence-corrected chi connectivity index (χ4v) is 3.47. The summed E-state index contributed by atoms with van der Waals surface area (Å²) in [5.41, 5.74) is 5.29. The lowest BCUT2D eigenvalue weighted by Gasteiger charge is -1.89. The lowest BCUT2D eigenvalue weighted by Crippen LogP contribution is -2.09. The maximum absolute atomic E-state index is 12.2. The molecule has 3 rings (SSSR count). The van der Waals surface area contributed by atoms with Crippen molar-refractivity contribution < 1.29 is 0 Å². The van der Waals surface area contributed by atoms with Gasteiger partial charge < -0.3 is 5.73 Å². The maximum atomic E-state index is 12.2. The number of nitrogens with zero attached hydrogens (tertiary/aromatic N) is 2. The van der Waals surface area contributed by atoms with Crippen LogP contribution in [0.2, 0.25) is 0 Å². The summed E-state index contributed by atoms with van der Waals surface area (Å²) >= 11 is 2.78. The number of fused-ring (bicyclic) bond motifs is 1. The highest BCUT2D eigenvalue weighted by Crippen LogP contribution is 2.22. The van der Waals surface area contributed by atoms with Crippen molar-refractivity contribution in [2.24, 2.45) is 5.73 Å². The fraction of sp³-hybridized carbons (Fsp3) is 0.0769. The Morgan fingerprint density at radius 1 is 1.37 bits per heavy atom. The second kappa shape index (κ2) is 4.97. The lowest BCUT2D eigenvalue weighted by atomic mass is 10.3. The predicted molar refractivity (Wildman–Crippen MR) is 79.0 cm³/mol. The zero-order chi connectivity index (χ0) is 13.2. The van der Waals surface area contributed by atoms with Crippen LogP contribution < -0.4 is 11.3 Å². The van der Waals surface area contributed by atoms with Crippen molar-refractivity contribution in [3.8, 4) is 17.0 Å². The molecule has 0 bridgehead atoms. The average Bonchev–Trinajstić information content (AvgIpc) is 3.02. The van der Waals surface area contributed by atoms with Gasteiger partial charge in [-0.2, -0.15) is 0 Å². The molecule has 94 valence electrons. The summed E-state index contributed by atoms with van der Waals surface area (Å²) in [6.07, 6.45) is 1.67. The predicted octanol–water partition coefficient (Wildman–Crippen LogP) is 1.82. The van der Waals surface area contributed by atoms with E-state index in [1.807, 2.05) is 24.3 Å². The molecule has 2 heterocycles. The molecule has 1 aromatic carbocycles. The molecule has 0 aliphatic rings. The molecule has 2 aromatic heterocycles. The first kappa shape index (κ1) is 12.1. The van der Waals surface area contributed by atoms with Crippen LogP contribution in [0.25, 0.3) is 15.2 Å². The van der Waals surface area contributed by atoms with Crippen LogP contribution >= 0.6 is 22.9 Å². The van der Waals surface area contributed by atoms with Gasteiger partial charge in [0.15, 0.2) is 0 Å². The number of hydrogen-bond acceptors (Lipinski definition) is 5.